The molecule has 20 heavy (non-hydrogen) atoms. The highest BCUT2D eigenvalue weighted by atomic mass is 79.9. The summed E-state index contributed by atoms with van der Waals surface area (Å²) in [5, 5.41) is 0.136. The van der Waals surface area contributed by atoms with Gasteiger partial charge in [0.05, 0.1) is 5.02 Å². The lowest BCUT2D eigenvalue weighted by Crippen LogP contribution is -2.08. The van der Waals surface area contributed by atoms with Crippen molar-refractivity contribution in [3.63, 3.8) is 0 Å². The van der Waals surface area contributed by atoms with Gasteiger partial charge in [0.15, 0.2) is 0 Å². The first-order chi connectivity index (χ1) is 9.27. The van der Waals surface area contributed by atoms with Crippen LogP contribution in [0.2, 0.25) is 5.02 Å². The molecule has 1 aromatic carbocycles. The minimum absolute atomic E-state index is 0.00647. The summed E-state index contributed by atoms with van der Waals surface area (Å²) < 4.78 is 44.1. The van der Waals surface area contributed by atoms with Crippen LogP contribution in [0.15, 0.2) is 34.9 Å². The van der Waals surface area contributed by atoms with Crippen LogP contribution in [0.4, 0.5) is 18.9 Å². The summed E-state index contributed by atoms with van der Waals surface area (Å²) in [5.41, 5.74) is 4.85. The summed E-state index contributed by atoms with van der Waals surface area (Å²) in [4.78, 5) is 3.62. The average molecular weight is 368 g/mol. The van der Waals surface area contributed by atoms with Crippen LogP contribution in [0.3, 0.4) is 0 Å². The van der Waals surface area contributed by atoms with Crippen LogP contribution < -0.4 is 10.5 Å². The largest absolute Gasteiger partial charge is 0.437 e. The summed E-state index contributed by atoms with van der Waals surface area (Å²) >= 11 is 8.78. The van der Waals surface area contributed by atoms with Crippen molar-refractivity contribution in [3.8, 4) is 11.6 Å². The molecule has 1 heterocycles. The fourth-order valence-corrected chi connectivity index (χ4v) is 1.90. The average Bonchev–Trinajstić information content (AvgIpc) is 2.34. The summed E-state index contributed by atoms with van der Waals surface area (Å²) in [7, 11) is 0. The first-order valence-electron chi connectivity index (χ1n) is 5.23. The number of nitrogen functional groups attached to an aromatic ring is 1. The number of hydrogen-bond acceptors (Lipinski definition) is 3. The van der Waals surface area contributed by atoms with Crippen LogP contribution in [0.25, 0.3) is 0 Å². The molecule has 0 unspecified atom stereocenters. The molecule has 0 bridgehead atoms. The van der Waals surface area contributed by atoms with Crippen molar-refractivity contribution in [2.24, 2.45) is 0 Å². The minimum atomic E-state index is -4.60. The Hall–Kier alpha value is -1.47. The van der Waals surface area contributed by atoms with Crippen LogP contribution in [0.1, 0.15) is 5.56 Å². The quantitative estimate of drug-likeness (QED) is 0.769. The number of pyridine rings is 1. The molecule has 0 saturated carbocycles. The smallest absolute Gasteiger partial charge is 0.421 e. The van der Waals surface area contributed by atoms with E-state index in [0.29, 0.717) is 5.69 Å². The maximum Gasteiger partial charge on any atom is 0.421 e. The van der Waals surface area contributed by atoms with Crippen molar-refractivity contribution in [1.82, 2.24) is 4.98 Å². The van der Waals surface area contributed by atoms with Gasteiger partial charge in [-0.15, -0.1) is 0 Å². The van der Waals surface area contributed by atoms with E-state index in [1.165, 1.54) is 24.4 Å². The van der Waals surface area contributed by atoms with Crippen molar-refractivity contribution < 1.29 is 17.9 Å². The van der Waals surface area contributed by atoms with Gasteiger partial charge < -0.3 is 10.5 Å². The second-order valence-corrected chi connectivity index (χ2v) is 5.12. The molecule has 2 N–H and O–H groups in total. The van der Waals surface area contributed by atoms with E-state index in [2.05, 4.69) is 20.9 Å². The molecule has 8 heteroatoms. The number of ether oxygens (including phenoxy) is 1. The summed E-state index contributed by atoms with van der Waals surface area (Å²) in [5.74, 6) is -0.583. The number of rotatable bonds is 2. The van der Waals surface area contributed by atoms with Crippen LogP contribution in [-0.2, 0) is 6.18 Å². The van der Waals surface area contributed by atoms with Gasteiger partial charge in [0.2, 0.25) is 5.88 Å². The molecule has 0 saturated heterocycles. The minimum Gasteiger partial charge on any atom is -0.437 e. The number of hydrogen-bond donors (Lipinski definition) is 1. The van der Waals surface area contributed by atoms with Gasteiger partial charge >= 0.3 is 6.18 Å². The van der Waals surface area contributed by atoms with E-state index in [9.17, 15) is 13.2 Å². The molecule has 1 aromatic heterocycles. The zero-order valence-corrected chi connectivity index (χ0v) is 12.1. The molecule has 0 fully saturated rings. The number of aromatic nitrogens is 1. The van der Waals surface area contributed by atoms with Crippen molar-refractivity contribution in [1.29, 1.82) is 0 Å². The van der Waals surface area contributed by atoms with Gasteiger partial charge in [-0.05, 0) is 34.1 Å². The Morgan fingerprint density at radius 1 is 1.25 bits per heavy atom. The van der Waals surface area contributed by atoms with E-state index in [1.807, 2.05) is 0 Å². The van der Waals surface area contributed by atoms with Gasteiger partial charge in [-0.3, -0.25) is 0 Å². The van der Waals surface area contributed by atoms with Gasteiger partial charge in [0.1, 0.15) is 11.3 Å². The molecule has 2 rings (SSSR count). The third kappa shape index (κ3) is 3.34. The van der Waals surface area contributed by atoms with Crippen LogP contribution in [0, 0.1) is 0 Å². The van der Waals surface area contributed by atoms with Crippen LogP contribution >= 0.6 is 27.5 Å². The molecule has 3 nitrogen and oxygen atoms in total. The third-order valence-corrected chi connectivity index (χ3v) is 3.03. The topological polar surface area (TPSA) is 48.1 Å². The van der Waals surface area contributed by atoms with E-state index in [4.69, 9.17) is 22.1 Å². The van der Waals surface area contributed by atoms with E-state index in [-0.39, 0.29) is 15.2 Å². The number of benzene rings is 1. The molecule has 0 radical (unpaired) electrons. The Morgan fingerprint density at radius 2 is 1.95 bits per heavy atom. The Morgan fingerprint density at radius 3 is 2.60 bits per heavy atom. The second kappa shape index (κ2) is 5.49. The number of nitrogens with zero attached hydrogens (tertiary/aromatic N) is 1. The molecule has 2 aromatic rings. The Bertz CT molecular complexity index is 649. The number of halogens is 5. The normalized spacial score (nSPS) is 11.4. The van der Waals surface area contributed by atoms with Gasteiger partial charge in [-0.25, -0.2) is 4.98 Å². The zero-order chi connectivity index (χ0) is 14.9. The molecule has 0 aliphatic carbocycles. The Labute approximate surface area is 125 Å². The van der Waals surface area contributed by atoms with E-state index >= 15 is 0 Å². The third-order valence-electron chi connectivity index (χ3n) is 2.29. The summed E-state index contributed by atoms with van der Waals surface area (Å²) in [6, 6.07) is 5.14. The van der Waals surface area contributed by atoms with Crippen LogP contribution in [-0.4, -0.2) is 4.98 Å². The van der Waals surface area contributed by atoms with Crippen molar-refractivity contribution in [2.45, 2.75) is 6.18 Å². The van der Waals surface area contributed by atoms with Crippen LogP contribution in [0.5, 0.6) is 11.6 Å². The first kappa shape index (κ1) is 14.9. The fourth-order valence-electron chi connectivity index (χ4n) is 1.41. The van der Waals surface area contributed by atoms with E-state index in [0.717, 1.165) is 6.07 Å². The van der Waals surface area contributed by atoms with Crippen molar-refractivity contribution >= 4 is 33.2 Å². The molecule has 0 aliphatic rings. The highest BCUT2D eigenvalue weighted by Crippen LogP contribution is 2.39. The van der Waals surface area contributed by atoms with Gasteiger partial charge in [0.25, 0.3) is 0 Å². The number of alkyl halides is 3. The van der Waals surface area contributed by atoms with Gasteiger partial charge in [-0.2, -0.15) is 13.2 Å². The molecular formula is C12H7BrClF3N2O. The van der Waals surface area contributed by atoms with Gasteiger partial charge in [0, 0.05) is 22.4 Å². The maximum atomic E-state index is 12.9. The lowest BCUT2D eigenvalue weighted by Gasteiger charge is -2.13. The lowest BCUT2D eigenvalue weighted by molar-refractivity contribution is -0.138. The zero-order valence-electron chi connectivity index (χ0n) is 9.71. The SMILES string of the molecule is Nc1ccc(Cl)c(Oc2ncc(Br)cc2C(F)(F)F)c1. The first-order valence-corrected chi connectivity index (χ1v) is 6.40. The van der Waals surface area contributed by atoms with Gasteiger partial charge in [-0.1, -0.05) is 11.6 Å². The number of nitrogens with two attached hydrogens (primary N) is 1. The molecule has 0 amide bonds. The summed E-state index contributed by atoms with van der Waals surface area (Å²) in [6.45, 7) is 0. The second-order valence-electron chi connectivity index (χ2n) is 3.80. The maximum absolute atomic E-state index is 12.9. The Kier molecular flexibility index (Phi) is 4.10. The van der Waals surface area contributed by atoms with E-state index in [1.54, 1.807) is 0 Å². The van der Waals surface area contributed by atoms with E-state index < -0.39 is 17.6 Å². The molecule has 0 atom stereocenters. The molecule has 0 aliphatic heterocycles. The molecule has 0 spiro atoms. The summed E-state index contributed by atoms with van der Waals surface area (Å²) in [6.07, 6.45) is -3.40. The Balaban J connectivity index is 2.46. The molecule has 106 valence electrons. The molecular weight excluding hydrogens is 360 g/mol. The standard InChI is InChI=1S/C12H7BrClF3N2O/c13-6-3-8(12(15,16)17)11(19-5-6)20-10-4-7(18)1-2-9(10)14/h1-5H,18H2. The fraction of sp³-hybridized carbons (Fsp3) is 0.0833. The van der Waals surface area contributed by atoms with Crippen molar-refractivity contribution in [2.75, 3.05) is 5.73 Å². The van der Waals surface area contributed by atoms with Crippen molar-refractivity contribution in [3.05, 3.63) is 45.5 Å². The highest BCUT2D eigenvalue weighted by molar-refractivity contribution is 9.10. The lowest BCUT2D eigenvalue weighted by atomic mass is 10.2. The monoisotopic (exact) mass is 366 g/mol. The number of anilines is 1. The highest BCUT2D eigenvalue weighted by Gasteiger charge is 2.36. The predicted molar refractivity (Wildman–Crippen MR) is 72.9 cm³/mol. The predicted octanol–water partition coefficient (Wildman–Crippen LogP) is 4.89.